The van der Waals surface area contributed by atoms with E-state index < -0.39 is 0 Å². The minimum absolute atomic E-state index is 0.645. The Bertz CT molecular complexity index is 231. The van der Waals surface area contributed by atoms with Gasteiger partial charge in [-0.15, -0.1) is 0 Å². The first-order valence-electron chi connectivity index (χ1n) is 4.39. The SMILES string of the molecule is CC(C)c1ccccc1N([SiH3])[SiH3]. The molecule has 0 N–H and O–H groups in total. The van der Waals surface area contributed by atoms with Crippen molar-refractivity contribution < 1.29 is 0 Å². The van der Waals surface area contributed by atoms with Gasteiger partial charge in [-0.1, -0.05) is 32.0 Å². The minimum atomic E-state index is 0.645. The van der Waals surface area contributed by atoms with E-state index in [1.807, 2.05) is 0 Å². The van der Waals surface area contributed by atoms with Gasteiger partial charge in [-0.05, 0) is 17.5 Å². The van der Waals surface area contributed by atoms with Gasteiger partial charge in [0.25, 0.3) is 0 Å². The molecule has 0 fully saturated rings. The molecule has 12 heavy (non-hydrogen) atoms. The lowest BCUT2D eigenvalue weighted by atomic mass is 10.0. The molecule has 0 amide bonds. The Morgan fingerprint density at radius 3 is 2.17 bits per heavy atom. The van der Waals surface area contributed by atoms with E-state index in [0.717, 1.165) is 20.8 Å². The van der Waals surface area contributed by atoms with Crippen LogP contribution in [0.3, 0.4) is 0 Å². The predicted octanol–water partition coefficient (Wildman–Crippen LogP) is 0.177. The van der Waals surface area contributed by atoms with Gasteiger partial charge in [0.05, 0.1) is 20.8 Å². The molecular weight excluding hydrogens is 178 g/mol. The summed E-state index contributed by atoms with van der Waals surface area (Å²) in [5.74, 6) is 0.645. The molecule has 66 valence electrons. The van der Waals surface area contributed by atoms with Crippen molar-refractivity contribution in [1.29, 1.82) is 0 Å². The average Bonchev–Trinajstić information content (AvgIpc) is 2.04. The highest BCUT2D eigenvalue weighted by atomic mass is 28.2. The van der Waals surface area contributed by atoms with Gasteiger partial charge in [-0.25, -0.2) is 0 Å². The van der Waals surface area contributed by atoms with Gasteiger partial charge in [-0.3, -0.25) is 0 Å². The topological polar surface area (TPSA) is 3.24 Å². The summed E-state index contributed by atoms with van der Waals surface area (Å²) in [5.41, 5.74) is 2.94. The molecule has 0 bridgehead atoms. The van der Waals surface area contributed by atoms with Crippen LogP contribution in [-0.2, 0) is 0 Å². The van der Waals surface area contributed by atoms with Crippen LogP contribution in [-0.4, -0.2) is 20.8 Å². The fraction of sp³-hybridized carbons (Fsp3) is 0.333. The fourth-order valence-electron chi connectivity index (χ4n) is 1.38. The monoisotopic (exact) mass is 195 g/mol. The summed E-state index contributed by atoms with van der Waals surface area (Å²) < 4.78 is 2.44. The van der Waals surface area contributed by atoms with Crippen LogP contribution in [0.4, 0.5) is 5.69 Å². The van der Waals surface area contributed by atoms with Gasteiger partial charge < -0.3 is 4.23 Å². The maximum atomic E-state index is 2.44. The lowest BCUT2D eigenvalue weighted by Crippen LogP contribution is -2.15. The number of para-hydroxylation sites is 1. The molecule has 0 aliphatic heterocycles. The van der Waals surface area contributed by atoms with Crippen LogP contribution < -0.4 is 4.23 Å². The van der Waals surface area contributed by atoms with Gasteiger partial charge in [0, 0.05) is 5.69 Å². The zero-order valence-corrected chi connectivity index (χ0v) is 12.3. The van der Waals surface area contributed by atoms with Gasteiger partial charge in [0.15, 0.2) is 0 Å². The molecule has 0 aliphatic carbocycles. The van der Waals surface area contributed by atoms with E-state index in [0.29, 0.717) is 5.92 Å². The van der Waals surface area contributed by atoms with Crippen molar-refractivity contribution in [3.05, 3.63) is 29.8 Å². The summed E-state index contributed by atoms with van der Waals surface area (Å²) in [5, 5.41) is 0. The fourth-order valence-corrected chi connectivity index (χ4v) is 2.20. The van der Waals surface area contributed by atoms with E-state index in [2.05, 4.69) is 42.3 Å². The summed E-state index contributed by atoms with van der Waals surface area (Å²) in [6, 6.07) is 8.73. The first kappa shape index (κ1) is 9.54. The van der Waals surface area contributed by atoms with E-state index in [9.17, 15) is 0 Å². The second-order valence-corrected chi connectivity index (χ2v) is 8.08. The van der Waals surface area contributed by atoms with Gasteiger partial charge in [0.2, 0.25) is 0 Å². The zero-order chi connectivity index (χ0) is 9.14. The Morgan fingerprint density at radius 2 is 1.75 bits per heavy atom. The van der Waals surface area contributed by atoms with Crippen LogP contribution in [0.1, 0.15) is 25.3 Å². The molecule has 0 radical (unpaired) electrons. The summed E-state index contributed by atoms with van der Waals surface area (Å²) in [7, 11) is 2.29. The van der Waals surface area contributed by atoms with E-state index in [4.69, 9.17) is 0 Å². The Hall–Kier alpha value is -0.546. The molecule has 0 spiro atoms. The maximum absolute atomic E-state index is 2.44. The summed E-state index contributed by atoms with van der Waals surface area (Å²) in [6.45, 7) is 4.51. The molecule has 0 aromatic heterocycles. The molecule has 0 saturated carbocycles. The molecule has 0 heterocycles. The molecule has 1 rings (SSSR count). The average molecular weight is 195 g/mol. The number of rotatable bonds is 2. The molecule has 0 atom stereocenters. The molecule has 0 aliphatic rings. The number of nitrogens with zero attached hydrogens (tertiary/aromatic N) is 1. The normalized spacial score (nSPS) is 10.9. The Morgan fingerprint density at radius 1 is 1.17 bits per heavy atom. The first-order chi connectivity index (χ1) is 5.63. The largest absolute Gasteiger partial charge is 0.439 e. The third-order valence-corrected chi connectivity index (χ3v) is 3.00. The van der Waals surface area contributed by atoms with Crippen LogP contribution in [0.2, 0.25) is 0 Å². The highest BCUT2D eigenvalue weighted by molar-refractivity contribution is 6.41. The summed E-state index contributed by atoms with van der Waals surface area (Å²) in [4.78, 5) is 0. The molecule has 1 aromatic rings. The van der Waals surface area contributed by atoms with Crippen LogP contribution in [0.25, 0.3) is 0 Å². The Balaban J connectivity index is 3.09. The molecule has 1 aromatic carbocycles. The molecular formula is C9H17NSi2. The van der Waals surface area contributed by atoms with E-state index >= 15 is 0 Å². The number of benzene rings is 1. The van der Waals surface area contributed by atoms with Crippen LogP contribution >= 0.6 is 0 Å². The van der Waals surface area contributed by atoms with E-state index in [1.54, 1.807) is 0 Å². The Labute approximate surface area is 80.8 Å². The standard InChI is InChI=1S/C9H17NSi2/c1-7(2)8-5-3-4-6-9(8)10(11)12/h3-7H,1-2,11-12H3. The van der Waals surface area contributed by atoms with Gasteiger partial charge >= 0.3 is 0 Å². The number of hydrogen-bond donors (Lipinski definition) is 0. The van der Waals surface area contributed by atoms with Crippen molar-refractivity contribution >= 4 is 26.5 Å². The second kappa shape index (κ2) is 3.91. The predicted molar refractivity (Wildman–Crippen MR) is 62.9 cm³/mol. The first-order valence-corrected chi connectivity index (χ1v) is 6.18. The smallest absolute Gasteiger partial charge is 0.0965 e. The molecule has 3 heteroatoms. The Kier molecular flexibility index (Phi) is 3.11. The van der Waals surface area contributed by atoms with Crippen LogP contribution in [0.5, 0.6) is 0 Å². The maximum Gasteiger partial charge on any atom is 0.0965 e. The molecule has 1 nitrogen and oxygen atoms in total. The van der Waals surface area contributed by atoms with E-state index in [1.165, 1.54) is 11.3 Å². The lowest BCUT2D eigenvalue weighted by molar-refractivity contribution is 0.868. The summed E-state index contributed by atoms with van der Waals surface area (Å²) in [6.07, 6.45) is 0. The van der Waals surface area contributed by atoms with Crippen molar-refractivity contribution in [2.75, 3.05) is 4.23 Å². The number of anilines is 1. The van der Waals surface area contributed by atoms with Crippen LogP contribution in [0.15, 0.2) is 24.3 Å². The lowest BCUT2D eigenvalue weighted by Gasteiger charge is -2.20. The zero-order valence-electron chi connectivity index (χ0n) is 8.33. The van der Waals surface area contributed by atoms with Crippen molar-refractivity contribution in [2.24, 2.45) is 0 Å². The quantitative estimate of drug-likeness (QED) is 0.609. The highest BCUT2D eigenvalue weighted by Crippen LogP contribution is 2.24. The van der Waals surface area contributed by atoms with E-state index in [-0.39, 0.29) is 0 Å². The van der Waals surface area contributed by atoms with Gasteiger partial charge in [-0.2, -0.15) is 0 Å². The third kappa shape index (κ3) is 1.98. The van der Waals surface area contributed by atoms with Crippen molar-refractivity contribution in [1.82, 2.24) is 0 Å². The summed E-state index contributed by atoms with van der Waals surface area (Å²) >= 11 is 0. The second-order valence-electron chi connectivity index (χ2n) is 3.61. The minimum Gasteiger partial charge on any atom is -0.439 e. The third-order valence-electron chi connectivity index (χ3n) is 2.04. The molecule has 0 saturated heterocycles. The van der Waals surface area contributed by atoms with Crippen molar-refractivity contribution in [3.63, 3.8) is 0 Å². The van der Waals surface area contributed by atoms with Crippen molar-refractivity contribution in [3.8, 4) is 0 Å². The highest BCUT2D eigenvalue weighted by Gasteiger charge is 2.05. The number of hydrogen-bond acceptors (Lipinski definition) is 1. The molecule has 0 unspecified atom stereocenters. The van der Waals surface area contributed by atoms with Crippen LogP contribution in [0, 0.1) is 0 Å². The van der Waals surface area contributed by atoms with Crippen molar-refractivity contribution in [2.45, 2.75) is 19.8 Å². The van der Waals surface area contributed by atoms with Gasteiger partial charge in [0.1, 0.15) is 0 Å².